The van der Waals surface area contributed by atoms with E-state index >= 15 is 0 Å². The number of nitrogens with zero attached hydrogens (tertiary/aromatic N) is 3. The van der Waals surface area contributed by atoms with Crippen LogP contribution in [0, 0.1) is 0 Å². The zero-order valence-corrected chi connectivity index (χ0v) is 10.3. The molecule has 0 amide bonds. The molecule has 19 heavy (non-hydrogen) atoms. The molecule has 0 aliphatic carbocycles. The number of anilines is 1. The lowest BCUT2D eigenvalue weighted by atomic mass is 10.3. The molecule has 2 aromatic heterocycles. The lowest BCUT2D eigenvalue weighted by Crippen LogP contribution is -2.12. The fourth-order valence-electron chi connectivity index (χ4n) is 1.66. The number of alkyl halides is 3. The first-order valence-corrected chi connectivity index (χ1v) is 5.72. The Morgan fingerprint density at radius 3 is 2.68 bits per heavy atom. The maximum atomic E-state index is 12.5. The zero-order chi connectivity index (χ0) is 13.9. The molecule has 0 saturated heterocycles. The van der Waals surface area contributed by atoms with Gasteiger partial charge in [0.15, 0.2) is 0 Å². The Morgan fingerprint density at radius 2 is 2.05 bits per heavy atom. The summed E-state index contributed by atoms with van der Waals surface area (Å²) in [7, 11) is 1.82. The maximum absolute atomic E-state index is 12.5. The van der Waals surface area contributed by atoms with Crippen molar-refractivity contribution in [2.24, 2.45) is 7.05 Å². The number of aromatic nitrogens is 3. The number of aryl methyl sites for hydroxylation is 1. The average molecular weight is 270 g/mol. The number of halogens is 3. The number of pyridine rings is 1. The Kier molecular flexibility index (Phi) is 3.73. The van der Waals surface area contributed by atoms with Crippen molar-refractivity contribution in [3.8, 4) is 0 Å². The second-order valence-corrected chi connectivity index (χ2v) is 4.03. The Morgan fingerprint density at radius 1 is 1.26 bits per heavy atom. The molecule has 4 nitrogen and oxygen atoms in total. The second-order valence-electron chi connectivity index (χ2n) is 4.03. The molecule has 0 bridgehead atoms. The van der Waals surface area contributed by atoms with Crippen LogP contribution < -0.4 is 5.32 Å². The summed E-state index contributed by atoms with van der Waals surface area (Å²) >= 11 is 0. The van der Waals surface area contributed by atoms with Crippen molar-refractivity contribution >= 4 is 5.82 Å². The summed E-state index contributed by atoms with van der Waals surface area (Å²) in [4.78, 5) is 3.53. The molecule has 0 aliphatic heterocycles. The van der Waals surface area contributed by atoms with E-state index in [1.807, 2.05) is 13.1 Å². The van der Waals surface area contributed by atoms with Gasteiger partial charge in [-0.15, -0.1) is 0 Å². The molecule has 102 valence electrons. The van der Waals surface area contributed by atoms with Gasteiger partial charge in [0, 0.05) is 31.9 Å². The van der Waals surface area contributed by atoms with E-state index in [2.05, 4.69) is 15.4 Å². The molecule has 0 atom stereocenters. The Balaban J connectivity index is 1.95. The fraction of sp³-hybridized carbons (Fsp3) is 0.333. The minimum Gasteiger partial charge on any atom is -0.370 e. The van der Waals surface area contributed by atoms with Crippen molar-refractivity contribution in [1.82, 2.24) is 14.8 Å². The molecule has 2 heterocycles. The van der Waals surface area contributed by atoms with E-state index in [4.69, 9.17) is 0 Å². The van der Waals surface area contributed by atoms with E-state index in [1.54, 1.807) is 10.9 Å². The minimum atomic E-state index is -4.42. The zero-order valence-electron chi connectivity index (χ0n) is 10.3. The van der Waals surface area contributed by atoms with Gasteiger partial charge in [0.25, 0.3) is 0 Å². The molecular formula is C12H13F3N4. The highest BCUT2D eigenvalue weighted by atomic mass is 19.4. The first-order valence-electron chi connectivity index (χ1n) is 5.72. The third-order valence-corrected chi connectivity index (χ3v) is 2.65. The molecule has 0 radical (unpaired) electrons. The van der Waals surface area contributed by atoms with Crippen LogP contribution in [0.4, 0.5) is 19.0 Å². The Bertz CT molecular complexity index is 548. The molecule has 0 aliphatic rings. The average Bonchev–Trinajstić information content (AvgIpc) is 2.75. The van der Waals surface area contributed by atoms with Gasteiger partial charge in [-0.3, -0.25) is 4.68 Å². The molecule has 2 aromatic rings. The van der Waals surface area contributed by atoms with Gasteiger partial charge >= 0.3 is 6.18 Å². The summed E-state index contributed by atoms with van der Waals surface area (Å²) in [6.07, 6.45) is -2.08. The summed E-state index contributed by atoms with van der Waals surface area (Å²) in [5.41, 5.74) is 0.109. The lowest BCUT2D eigenvalue weighted by molar-refractivity contribution is -0.141. The van der Waals surface area contributed by atoms with Crippen LogP contribution in [0.1, 0.15) is 11.4 Å². The van der Waals surface area contributed by atoms with Gasteiger partial charge in [0.1, 0.15) is 11.5 Å². The SMILES string of the molecule is Cn1nccc1CCNc1cccc(C(F)(F)F)n1. The molecule has 1 N–H and O–H groups in total. The van der Waals surface area contributed by atoms with Crippen LogP contribution in [0.5, 0.6) is 0 Å². The topological polar surface area (TPSA) is 42.7 Å². The van der Waals surface area contributed by atoms with Crippen LogP contribution in [0.15, 0.2) is 30.5 Å². The molecule has 2 rings (SSSR count). The van der Waals surface area contributed by atoms with Crippen LogP contribution in [-0.4, -0.2) is 21.3 Å². The fourth-order valence-corrected chi connectivity index (χ4v) is 1.66. The third-order valence-electron chi connectivity index (χ3n) is 2.65. The smallest absolute Gasteiger partial charge is 0.370 e. The summed E-state index contributed by atoms with van der Waals surface area (Å²) < 4.78 is 39.1. The standard InChI is InChI=1S/C12H13F3N4/c1-19-9(6-8-17-19)5-7-16-11-4-2-3-10(18-11)12(13,14)15/h2-4,6,8H,5,7H2,1H3,(H,16,18). The summed E-state index contributed by atoms with van der Waals surface area (Å²) in [6, 6.07) is 5.66. The molecule has 0 spiro atoms. The number of hydrogen-bond acceptors (Lipinski definition) is 3. The van der Waals surface area contributed by atoms with Gasteiger partial charge in [-0.2, -0.15) is 18.3 Å². The van der Waals surface area contributed by atoms with Crippen LogP contribution in [-0.2, 0) is 19.6 Å². The highest BCUT2D eigenvalue weighted by Gasteiger charge is 2.32. The monoisotopic (exact) mass is 270 g/mol. The van der Waals surface area contributed by atoms with Crippen LogP contribution >= 0.6 is 0 Å². The first-order chi connectivity index (χ1) is 8.97. The van der Waals surface area contributed by atoms with Crippen molar-refractivity contribution in [2.75, 3.05) is 11.9 Å². The molecule has 0 fully saturated rings. The van der Waals surface area contributed by atoms with E-state index in [0.717, 1.165) is 11.8 Å². The normalized spacial score (nSPS) is 11.6. The van der Waals surface area contributed by atoms with E-state index in [0.29, 0.717) is 13.0 Å². The third kappa shape index (κ3) is 3.46. The van der Waals surface area contributed by atoms with E-state index < -0.39 is 11.9 Å². The van der Waals surface area contributed by atoms with Crippen LogP contribution in [0.3, 0.4) is 0 Å². The van der Waals surface area contributed by atoms with Gasteiger partial charge < -0.3 is 5.32 Å². The number of nitrogens with one attached hydrogen (secondary N) is 1. The summed E-state index contributed by atoms with van der Waals surface area (Å²) in [5.74, 6) is 0.219. The number of rotatable bonds is 4. The number of hydrogen-bond donors (Lipinski definition) is 1. The molecule has 7 heteroatoms. The van der Waals surface area contributed by atoms with Crippen LogP contribution in [0.25, 0.3) is 0 Å². The molecule has 0 saturated carbocycles. The van der Waals surface area contributed by atoms with E-state index in [-0.39, 0.29) is 5.82 Å². The van der Waals surface area contributed by atoms with Gasteiger partial charge in [-0.1, -0.05) is 6.07 Å². The van der Waals surface area contributed by atoms with Crippen LogP contribution in [0.2, 0.25) is 0 Å². The Hall–Kier alpha value is -2.05. The van der Waals surface area contributed by atoms with Crippen molar-refractivity contribution in [1.29, 1.82) is 0 Å². The predicted octanol–water partition coefficient (Wildman–Crippen LogP) is 2.49. The van der Waals surface area contributed by atoms with E-state index in [1.165, 1.54) is 12.1 Å². The Labute approximate surface area is 108 Å². The highest BCUT2D eigenvalue weighted by molar-refractivity contribution is 5.36. The molecule has 0 aromatic carbocycles. The summed E-state index contributed by atoms with van der Waals surface area (Å²) in [6.45, 7) is 0.494. The first kappa shape index (κ1) is 13.4. The van der Waals surface area contributed by atoms with Gasteiger partial charge in [-0.25, -0.2) is 4.98 Å². The van der Waals surface area contributed by atoms with Gasteiger partial charge in [-0.05, 0) is 18.2 Å². The lowest BCUT2D eigenvalue weighted by Gasteiger charge is -2.09. The largest absolute Gasteiger partial charge is 0.433 e. The van der Waals surface area contributed by atoms with Crippen molar-refractivity contribution in [3.63, 3.8) is 0 Å². The van der Waals surface area contributed by atoms with Crippen molar-refractivity contribution in [3.05, 3.63) is 41.9 Å². The molecule has 0 unspecified atom stereocenters. The van der Waals surface area contributed by atoms with Crippen molar-refractivity contribution < 1.29 is 13.2 Å². The summed E-state index contributed by atoms with van der Waals surface area (Å²) in [5, 5.41) is 6.88. The maximum Gasteiger partial charge on any atom is 0.433 e. The predicted molar refractivity (Wildman–Crippen MR) is 64.6 cm³/mol. The highest BCUT2D eigenvalue weighted by Crippen LogP contribution is 2.28. The second kappa shape index (κ2) is 5.29. The quantitative estimate of drug-likeness (QED) is 0.928. The molecular weight excluding hydrogens is 257 g/mol. The van der Waals surface area contributed by atoms with Gasteiger partial charge in [0.2, 0.25) is 0 Å². The minimum absolute atomic E-state index is 0.219. The van der Waals surface area contributed by atoms with Gasteiger partial charge in [0.05, 0.1) is 0 Å². The van der Waals surface area contributed by atoms with E-state index in [9.17, 15) is 13.2 Å². The van der Waals surface area contributed by atoms with Crippen molar-refractivity contribution in [2.45, 2.75) is 12.6 Å².